The zero-order valence-electron chi connectivity index (χ0n) is 14.6. The summed E-state index contributed by atoms with van der Waals surface area (Å²) in [4.78, 5) is 5.83. The van der Waals surface area contributed by atoms with Crippen LogP contribution in [-0.4, -0.2) is 22.4 Å². The molecule has 0 aliphatic rings. The SMILES string of the molecule is CCOC(C)n1cnc(-c2ccc(SC)cc2)c1-c1ccc(F)cc1. The van der Waals surface area contributed by atoms with Crippen LogP contribution in [0.25, 0.3) is 22.5 Å². The van der Waals surface area contributed by atoms with Crippen LogP contribution < -0.4 is 0 Å². The summed E-state index contributed by atoms with van der Waals surface area (Å²) < 4.78 is 21.1. The minimum Gasteiger partial charge on any atom is -0.359 e. The van der Waals surface area contributed by atoms with Crippen molar-refractivity contribution in [2.75, 3.05) is 12.9 Å². The summed E-state index contributed by atoms with van der Waals surface area (Å²) in [6.45, 7) is 4.56. The molecule has 3 nitrogen and oxygen atoms in total. The smallest absolute Gasteiger partial charge is 0.132 e. The molecule has 3 rings (SSSR count). The van der Waals surface area contributed by atoms with Crippen molar-refractivity contribution in [2.45, 2.75) is 25.0 Å². The van der Waals surface area contributed by atoms with E-state index in [0.717, 1.165) is 22.5 Å². The van der Waals surface area contributed by atoms with Crippen LogP contribution in [0.4, 0.5) is 4.39 Å². The molecule has 1 heterocycles. The minimum atomic E-state index is -0.251. The van der Waals surface area contributed by atoms with Gasteiger partial charge in [0.1, 0.15) is 12.0 Å². The van der Waals surface area contributed by atoms with Crippen LogP contribution >= 0.6 is 11.8 Å². The van der Waals surface area contributed by atoms with Crippen LogP contribution in [0, 0.1) is 5.82 Å². The summed E-state index contributed by atoms with van der Waals surface area (Å²) in [5, 5.41) is 0. The van der Waals surface area contributed by atoms with Gasteiger partial charge in [-0.05, 0) is 56.5 Å². The van der Waals surface area contributed by atoms with Crippen LogP contribution in [0.5, 0.6) is 0 Å². The molecule has 0 spiro atoms. The van der Waals surface area contributed by atoms with Crippen molar-refractivity contribution in [2.24, 2.45) is 0 Å². The summed E-state index contributed by atoms with van der Waals surface area (Å²) in [6.07, 6.45) is 3.69. The lowest BCUT2D eigenvalue weighted by molar-refractivity contribution is 0.0259. The largest absolute Gasteiger partial charge is 0.359 e. The molecule has 130 valence electrons. The average Bonchev–Trinajstić information content (AvgIpc) is 3.08. The summed E-state index contributed by atoms with van der Waals surface area (Å²) in [6, 6.07) is 14.8. The number of ether oxygens (including phenoxy) is 1. The molecule has 1 aromatic heterocycles. The molecule has 2 aromatic carbocycles. The Kier molecular flexibility index (Phi) is 5.56. The van der Waals surface area contributed by atoms with Gasteiger partial charge in [-0.3, -0.25) is 0 Å². The fourth-order valence-corrected chi connectivity index (χ4v) is 3.22. The monoisotopic (exact) mass is 356 g/mol. The van der Waals surface area contributed by atoms with Crippen LogP contribution in [0.2, 0.25) is 0 Å². The quantitative estimate of drug-likeness (QED) is 0.535. The zero-order chi connectivity index (χ0) is 17.8. The van der Waals surface area contributed by atoms with Crippen LogP contribution in [0.1, 0.15) is 20.1 Å². The Hall–Kier alpha value is -2.11. The van der Waals surface area contributed by atoms with E-state index in [4.69, 9.17) is 4.74 Å². The molecule has 0 bridgehead atoms. The third-order valence-corrected chi connectivity index (χ3v) is 4.82. The second-order valence-corrected chi connectivity index (χ2v) is 6.52. The molecule has 0 amide bonds. The summed E-state index contributed by atoms with van der Waals surface area (Å²) >= 11 is 1.70. The number of imidazole rings is 1. The Morgan fingerprint density at radius 2 is 1.72 bits per heavy atom. The molecule has 1 unspecified atom stereocenters. The van der Waals surface area contributed by atoms with E-state index in [-0.39, 0.29) is 12.0 Å². The first kappa shape index (κ1) is 17.7. The molecular formula is C20H21FN2OS. The number of aromatic nitrogens is 2. The van der Waals surface area contributed by atoms with Gasteiger partial charge in [0.25, 0.3) is 0 Å². The van der Waals surface area contributed by atoms with E-state index in [1.165, 1.54) is 17.0 Å². The van der Waals surface area contributed by atoms with Crippen LogP contribution in [-0.2, 0) is 4.74 Å². The lowest BCUT2D eigenvalue weighted by Gasteiger charge is -2.17. The van der Waals surface area contributed by atoms with E-state index >= 15 is 0 Å². The van der Waals surface area contributed by atoms with Crippen molar-refractivity contribution in [3.05, 3.63) is 60.7 Å². The molecule has 0 radical (unpaired) electrons. The maximum absolute atomic E-state index is 13.4. The van der Waals surface area contributed by atoms with Gasteiger partial charge in [-0.25, -0.2) is 9.37 Å². The minimum absolute atomic E-state index is 0.156. The normalized spacial score (nSPS) is 12.3. The van der Waals surface area contributed by atoms with Crippen molar-refractivity contribution in [1.82, 2.24) is 9.55 Å². The highest BCUT2D eigenvalue weighted by molar-refractivity contribution is 7.98. The fraction of sp³-hybridized carbons (Fsp3) is 0.250. The predicted molar refractivity (Wildman–Crippen MR) is 101 cm³/mol. The van der Waals surface area contributed by atoms with E-state index in [2.05, 4.69) is 35.5 Å². The highest BCUT2D eigenvalue weighted by Crippen LogP contribution is 2.34. The maximum atomic E-state index is 13.4. The molecule has 1 atom stereocenters. The van der Waals surface area contributed by atoms with Gasteiger partial charge >= 0.3 is 0 Å². The second-order valence-electron chi connectivity index (χ2n) is 5.64. The Bertz CT molecular complexity index is 828. The summed E-state index contributed by atoms with van der Waals surface area (Å²) in [5.41, 5.74) is 3.73. The van der Waals surface area contributed by atoms with Crippen LogP contribution in [0.3, 0.4) is 0 Å². The number of rotatable bonds is 6. The van der Waals surface area contributed by atoms with Gasteiger partial charge < -0.3 is 9.30 Å². The first-order chi connectivity index (χ1) is 12.1. The molecule has 25 heavy (non-hydrogen) atoms. The molecule has 0 saturated carbocycles. The van der Waals surface area contributed by atoms with Gasteiger partial charge in [0, 0.05) is 22.6 Å². The molecule has 0 aliphatic heterocycles. The van der Waals surface area contributed by atoms with E-state index < -0.39 is 0 Å². The number of nitrogens with zero attached hydrogens (tertiary/aromatic N) is 2. The van der Waals surface area contributed by atoms with Gasteiger partial charge in [-0.15, -0.1) is 11.8 Å². The fourth-order valence-electron chi connectivity index (χ4n) is 2.81. The molecule has 0 fully saturated rings. The van der Waals surface area contributed by atoms with Crippen molar-refractivity contribution < 1.29 is 9.13 Å². The van der Waals surface area contributed by atoms with Crippen molar-refractivity contribution in [1.29, 1.82) is 0 Å². The van der Waals surface area contributed by atoms with Crippen molar-refractivity contribution in [3.8, 4) is 22.5 Å². The summed E-state index contributed by atoms with van der Waals surface area (Å²) in [5.74, 6) is -0.251. The third kappa shape index (κ3) is 3.78. The molecule has 5 heteroatoms. The van der Waals surface area contributed by atoms with Gasteiger partial charge in [-0.2, -0.15) is 0 Å². The number of hydrogen-bond acceptors (Lipinski definition) is 3. The molecule has 0 aliphatic carbocycles. The average molecular weight is 356 g/mol. The Morgan fingerprint density at radius 1 is 1.08 bits per heavy atom. The van der Waals surface area contributed by atoms with Gasteiger partial charge in [0.15, 0.2) is 0 Å². The summed E-state index contributed by atoms with van der Waals surface area (Å²) in [7, 11) is 0. The number of benzene rings is 2. The van der Waals surface area contributed by atoms with E-state index in [9.17, 15) is 4.39 Å². The van der Waals surface area contributed by atoms with E-state index in [1.54, 1.807) is 30.2 Å². The predicted octanol–water partition coefficient (Wildman–Crippen LogP) is 5.63. The highest BCUT2D eigenvalue weighted by atomic mass is 32.2. The molecule has 3 aromatic rings. The Morgan fingerprint density at radius 3 is 2.32 bits per heavy atom. The first-order valence-corrected chi connectivity index (χ1v) is 9.45. The molecule has 0 saturated heterocycles. The topological polar surface area (TPSA) is 27.1 Å². The lowest BCUT2D eigenvalue weighted by Crippen LogP contribution is -2.09. The molecule has 0 N–H and O–H groups in total. The van der Waals surface area contributed by atoms with E-state index in [1.807, 2.05) is 18.4 Å². The number of hydrogen-bond donors (Lipinski definition) is 0. The number of halogens is 1. The third-order valence-electron chi connectivity index (χ3n) is 4.07. The van der Waals surface area contributed by atoms with Gasteiger partial charge in [0.2, 0.25) is 0 Å². The first-order valence-electron chi connectivity index (χ1n) is 8.22. The molecular weight excluding hydrogens is 335 g/mol. The number of thioether (sulfide) groups is 1. The zero-order valence-corrected chi connectivity index (χ0v) is 15.4. The van der Waals surface area contributed by atoms with Crippen molar-refractivity contribution >= 4 is 11.8 Å². The Labute approximate surface area is 151 Å². The standard InChI is InChI=1S/C20H21FN2OS/c1-4-24-14(2)23-13-22-19(15-7-11-18(25-3)12-8-15)20(23)16-5-9-17(21)10-6-16/h5-14H,4H2,1-3H3. The van der Waals surface area contributed by atoms with Crippen LogP contribution in [0.15, 0.2) is 59.8 Å². The van der Waals surface area contributed by atoms with Gasteiger partial charge in [0.05, 0.1) is 17.7 Å². The Balaban J connectivity index is 2.12. The highest BCUT2D eigenvalue weighted by Gasteiger charge is 2.18. The second kappa shape index (κ2) is 7.85. The maximum Gasteiger partial charge on any atom is 0.132 e. The van der Waals surface area contributed by atoms with E-state index in [0.29, 0.717) is 6.61 Å². The lowest BCUT2D eigenvalue weighted by atomic mass is 10.0. The van der Waals surface area contributed by atoms with Crippen molar-refractivity contribution in [3.63, 3.8) is 0 Å². The van der Waals surface area contributed by atoms with Gasteiger partial charge in [-0.1, -0.05) is 12.1 Å².